The second-order valence-electron chi connectivity index (χ2n) is 8.58. The molecule has 0 aliphatic carbocycles. The Bertz CT molecular complexity index is 1390. The van der Waals surface area contributed by atoms with Gasteiger partial charge in [0.1, 0.15) is 18.1 Å². The van der Waals surface area contributed by atoms with Gasteiger partial charge in [0.25, 0.3) is 0 Å². The second kappa shape index (κ2) is 11.0. The van der Waals surface area contributed by atoms with Crippen LogP contribution >= 0.6 is 0 Å². The molecule has 3 aromatic carbocycles. The van der Waals surface area contributed by atoms with E-state index in [4.69, 9.17) is 18.7 Å². The van der Waals surface area contributed by atoms with Crippen LogP contribution in [0.4, 0.5) is 0 Å². The van der Waals surface area contributed by atoms with Crippen LogP contribution in [-0.4, -0.2) is 37.2 Å². The molecule has 0 saturated carbocycles. The van der Waals surface area contributed by atoms with E-state index in [2.05, 4.69) is 11.2 Å². The van der Waals surface area contributed by atoms with Crippen LogP contribution in [0.1, 0.15) is 28.1 Å². The molecule has 0 radical (unpaired) electrons. The third kappa shape index (κ3) is 5.68. The lowest BCUT2D eigenvalue weighted by Crippen LogP contribution is -2.24. The summed E-state index contributed by atoms with van der Waals surface area (Å²) in [6.45, 7) is 4.57. The highest BCUT2D eigenvalue weighted by Crippen LogP contribution is 2.30. The highest BCUT2D eigenvalue weighted by atomic mass is 16.5. The number of methoxy groups -OCH3 is 2. The Balaban J connectivity index is 1.39. The molecule has 4 rings (SSSR count). The normalized spacial score (nSPS) is 11.1. The van der Waals surface area contributed by atoms with Crippen LogP contribution in [0.25, 0.3) is 16.8 Å². The lowest BCUT2D eigenvalue weighted by atomic mass is 10.1. The third-order valence-electron chi connectivity index (χ3n) is 6.07. The molecule has 0 aliphatic rings. The Morgan fingerprint density at radius 3 is 2.47 bits per heavy atom. The van der Waals surface area contributed by atoms with Gasteiger partial charge in [-0.25, -0.2) is 0 Å². The summed E-state index contributed by atoms with van der Waals surface area (Å²) in [6, 6.07) is 17.7. The van der Waals surface area contributed by atoms with Crippen molar-refractivity contribution >= 4 is 22.8 Å². The van der Waals surface area contributed by atoms with Gasteiger partial charge >= 0.3 is 0 Å². The topological polar surface area (TPSA) is 74.0 Å². The molecule has 1 amide bonds. The molecule has 0 saturated heterocycles. The first-order valence-corrected chi connectivity index (χ1v) is 11.6. The Labute approximate surface area is 210 Å². The van der Waals surface area contributed by atoms with Gasteiger partial charge in [0.15, 0.2) is 11.5 Å². The van der Waals surface area contributed by atoms with Gasteiger partial charge in [0.05, 0.1) is 25.5 Å². The highest BCUT2D eigenvalue weighted by Gasteiger charge is 2.12. The quantitative estimate of drug-likeness (QED) is 0.282. The van der Waals surface area contributed by atoms with Crippen molar-refractivity contribution in [1.29, 1.82) is 0 Å². The van der Waals surface area contributed by atoms with Gasteiger partial charge in [0, 0.05) is 19.7 Å². The lowest BCUT2D eigenvalue weighted by molar-refractivity contribution is -0.125. The van der Waals surface area contributed by atoms with Crippen molar-refractivity contribution in [3.63, 3.8) is 0 Å². The Hall–Kier alpha value is -4.26. The molecule has 0 atom stereocenters. The number of aryl methyl sites for hydroxylation is 2. The molecule has 0 fully saturated rings. The SMILES string of the molecule is COc1ccc2cc(CN(C)C(=O)/C=C/c3ccc(OCc4c(C)noc4C)c(OC)c3)ccc2c1. The molecule has 4 aromatic rings. The number of amides is 1. The third-order valence-corrected chi connectivity index (χ3v) is 6.07. The number of nitrogens with zero attached hydrogens (tertiary/aromatic N) is 2. The van der Waals surface area contributed by atoms with Crippen molar-refractivity contribution in [2.45, 2.75) is 27.0 Å². The van der Waals surface area contributed by atoms with Crippen LogP contribution in [0.15, 0.2) is 65.2 Å². The van der Waals surface area contributed by atoms with E-state index in [1.54, 1.807) is 38.3 Å². The maximum Gasteiger partial charge on any atom is 0.246 e. The van der Waals surface area contributed by atoms with Crippen molar-refractivity contribution in [3.8, 4) is 17.2 Å². The first-order chi connectivity index (χ1) is 17.4. The average molecular weight is 487 g/mol. The minimum Gasteiger partial charge on any atom is -0.497 e. The van der Waals surface area contributed by atoms with Gasteiger partial charge < -0.3 is 23.6 Å². The minimum absolute atomic E-state index is 0.0949. The number of hydrogen-bond acceptors (Lipinski definition) is 6. The molecule has 0 bridgehead atoms. The molecule has 1 aromatic heterocycles. The summed E-state index contributed by atoms with van der Waals surface area (Å²) in [6.07, 6.45) is 3.33. The van der Waals surface area contributed by atoms with Gasteiger partial charge in [-0.1, -0.05) is 29.4 Å². The van der Waals surface area contributed by atoms with Gasteiger partial charge in [-0.2, -0.15) is 0 Å². The van der Waals surface area contributed by atoms with Gasteiger partial charge in [-0.3, -0.25) is 4.79 Å². The zero-order valence-electron chi connectivity index (χ0n) is 21.2. The van der Waals surface area contributed by atoms with Crippen molar-refractivity contribution in [2.75, 3.05) is 21.3 Å². The van der Waals surface area contributed by atoms with E-state index in [0.29, 0.717) is 24.7 Å². The summed E-state index contributed by atoms with van der Waals surface area (Å²) in [5, 5.41) is 6.15. The fraction of sp³-hybridized carbons (Fsp3) is 0.241. The van der Waals surface area contributed by atoms with E-state index in [1.807, 2.05) is 62.4 Å². The number of benzene rings is 3. The van der Waals surface area contributed by atoms with Gasteiger partial charge in [-0.05, 0) is 72.2 Å². The first kappa shape index (κ1) is 24.9. The molecule has 7 nitrogen and oxygen atoms in total. The largest absolute Gasteiger partial charge is 0.497 e. The number of hydrogen-bond donors (Lipinski definition) is 0. The molecule has 1 heterocycles. The minimum atomic E-state index is -0.0949. The maximum absolute atomic E-state index is 12.7. The number of fused-ring (bicyclic) bond motifs is 1. The maximum atomic E-state index is 12.7. The number of carbonyl (C=O) groups excluding carboxylic acids is 1. The summed E-state index contributed by atoms with van der Waals surface area (Å²) in [7, 11) is 5.03. The van der Waals surface area contributed by atoms with Crippen molar-refractivity contribution in [3.05, 3.63) is 88.8 Å². The standard InChI is InChI=1S/C29H30N2O5/c1-19-26(20(2)36-30-19)18-35-27-12-7-21(15-28(27)34-5)8-13-29(32)31(3)17-22-6-9-24-16-25(33-4)11-10-23(24)14-22/h6-16H,17-18H2,1-5H3/b13-8+. The Morgan fingerprint density at radius 1 is 0.972 bits per heavy atom. The summed E-state index contributed by atoms with van der Waals surface area (Å²) in [5.74, 6) is 2.65. The van der Waals surface area contributed by atoms with Crippen LogP contribution in [0.5, 0.6) is 17.2 Å². The molecule has 36 heavy (non-hydrogen) atoms. The number of likely N-dealkylation sites (N-methyl/N-ethyl adjacent to an activating group) is 1. The number of carbonyl (C=O) groups is 1. The molecule has 0 spiro atoms. The fourth-order valence-electron chi connectivity index (χ4n) is 3.91. The van der Waals surface area contributed by atoms with Gasteiger partial charge in [-0.15, -0.1) is 0 Å². The van der Waals surface area contributed by atoms with E-state index >= 15 is 0 Å². The van der Waals surface area contributed by atoms with Crippen molar-refractivity contribution in [2.24, 2.45) is 0 Å². The van der Waals surface area contributed by atoms with E-state index in [9.17, 15) is 4.79 Å². The molecule has 7 heteroatoms. The number of ether oxygens (including phenoxy) is 3. The predicted molar refractivity (Wildman–Crippen MR) is 139 cm³/mol. The molecule has 0 aliphatic heterocycles. The van der Waals surface area contributed by atoms with Crippen LogP contribution in [0.2, 0.25) is 0 Å². The molecular weight excluding hydrogens is 456 g/mol. The smallest absolute Gasteiger partial charge is 0.246 e. The summed E-state index contributed by atoms with van der Waals surface area (Å²) in [5.41, 5.74) is 3.61. The average Bonchev–Trinajstić information content (AvgIpc) is 3.22. The van der Waals surface area contributed by atoms with E-state index in [0.717, 1.165) is 44.7 Å². The van der Waals surface area contributed by atoms with Crippen molar-refractivity contribution in [1.82, 2.24) is 10.1 Å². The predicted octanol–water partition coefficient (Wildman–Crippen LogP) is 5.71. The number of aromatic nitrogens is 1. The van der Waals surface area contributed by atoms with E-state index in [1.165, 1.54) is 0 Å². The first-order valence-electron chi connectivity index (χ1n) is 11.6. The monoisotopic (exact) mass is 486 g/mol. The van der Waals surface area contributed by atoms with Crippen LogP contribution in [0.3, 0.4) is 0 Å². The second-order valence-corrected chi connectivity index (χ2v) is 8.58. The molecule has 0 N–H and O–H groups in total. The molecular formula is C29H30N2O5. The zero-order valence-corrected chi connectivity index (χ0v) is 21.2. The van der Waals surface area contributed by atoms with E-state index in [-0.39, 0.29) is 5.91 Å². The van der Waals surface area contributed by atoms with Crippen LogP contribution < -0.4 is 14.2 Å². The summed E-state index contributed by atoms with van der Waals surface area (Å²) < 4.78 is 21.9. The zero-order chi connectivity index (χ0) is 25.7. The van der Waals surface area contributed by atoms with Crippen molar-refractivity contribution < 1.29 is 23.5 Å². The summed E-state index contributed by atoms with van der Waals surface area (Å²) in [4.78, 5) is 14.4. The van der Waals surface area contributed by atoms with Crippen LogP contribution in [-0.2, 0) is 17.9 Å². The molecule has 0 unspecified atom stereocenters. The number of rotatable bonds is 9. The molecule has 186 valence electrons. The Kier molecular flexibility index (Phi) is 7.59. The van der Waals surface area contributed by atoms with E-state index < -0.39 is 0 Å². The Morgan fingerprint density at radius 2 is 1.75 bits per heavy atom. The fourth-order valence-corrected chi connectivity index (χ4v) is 3.91. The highest BCUT2D eigenvalue weighted by molar-refractivity contribution is 5.92. The van der Waals surface area contributed by atoms with Gasteiger partial charge in [0.2, 0.25) is 5.91 Å². The summed E-state index contributed by atoms with van der Waals surface area (Å²) >= 11 is 0. The lowest BCUT2D eigenvalue weighted by Gasteiger charge is -2.16. The van der Waals surface area contributed by atoms with Crippen LogP contribution in [0, 0.1) is 13.8 Å².